The zero-order chi connectivity index (χ0) is 52.2. The number of nitrogens with two attached hydrogens (primary N) is 1. The van der Waals surface area contributed by atoms with Crippen molar-refractivity contribution in [3.05, 3.63) is 113 Å². The van der Waals surface area contributed by atoms with Gasteiger partial charge in [-0.15, -0.1) is 5.06 Å². The van der Waals surface area contributed by atoms with Gasteiger partial charge in [-0.05, 0) is 93.8 Å². The molecule has 6 atom stereocenters. The van der Waals surface area contributed by atoms with Gasteiger partial charge >= 0.3 is 12.1 Å². The Hall–Kier alpha value is -7.74. The number of benzene rings is 3. The molecule has 2 saturated heterocycles. The van der Waals surface area contributed by atoms with Gasteiger partial charge in [-0.2, -0.15) is 0 Å². The van der Waals surface area contributed by atoms with Crippen LogP contribution in [0.5, 0.6) is 0 Å². The molecule has 3 aromatic carbocycles. The number of likely N-dealkylation sites (tertiary alicyclic amines) is 1. The minimum absolute atomic E-state index is 0.00140. The lowest BCUT2D eigenvalue weighted by atomic mass is 9.70. The van der Waals surface area contributed by atoms with Gasteiger partial charge in [-0.1, -0.05) is 86.0 Å². The third kappa shape index (κ3) is 14.7. The molecule has 1 saturated carbocycles. The van der Waals surface area contributed by atoms with Gasteiger partial charge < -0.3 is 41.9 Å². The first-order valence-electron chi connectivity index (χ1n) is 24.6. The predicted molar refractivity (Wildman–Crippen MR) is 265 cm³/mol. The predicted octanol–water partition coefficient (Wildman–Crippen LogP) is 3.36. The van der Waals surface area contributed by atoms with Crippen molar-refractivity contribution in [3.63, 3.8) is 0 Å². The first-order valence-corrected chi connectivity index (χ1v) is 24.6. The van der Waals surface area contributed by atoms with Crippen LogP contribution in [-0.2, 0) is 51.3 Å². The number of pyridine rings is 1. The summed E-state index contributed by atoms with van der Waals surface area (Å²) in [7, 11) is 0. The number of amides is 8. The molecule has 386 valence electrons. The highest BCUT2D eigenvalue weighted by Gasteiger charge is 2.45. The summed E-state index contributed by atoms with van der Waals surface area (Å²) in [6.07, 6.45) is 1.88. The summed E-state index contributed by atoms with van der Waals surface area (Å²) in [5.74, 6) is -4.95. The number of hydrogen-bond donors (Lipinski definition) is 6. The molecule has 0 spiro atoms. The number of piperidine rings is 1. The molecule has 3 fully saturated rings. The number of fused-ring (bicyclic) bond motifs is 2. The van der Waals surface area contributed by atoms with E-state index in [1.807, 2.05) is 68.1 Å². The fourth-order valence-electron chi connectivity index (χ4n) is 9.65. The highest BCUT2D eigenvalue weighted by molar-refractivity contribution is 6.03. The fourth-order valence-corrected chi connectivity index (χ4v) is 9.65. The third-order valence-electron chi connectivity index (χ3n) is 13.2. The Morgan fingerprint density at radius 3 is 2.21 bits per heavy atom. The molecule has 3 aliphatic rings. The smallest absolute Gasteiger partial charge is 0.407 e. The highest BCUT2D eigenvalue weighted by atomic mass is 16.7. The molecule has 7 rings (SSSR count). The zero-order valence-electron chi connectivity index (χ0n) is 41.2. The van der Waals surface area contributed by atoms with Gasteiger partial charge in [-0.25, -0.2) is 14.6 Å². The summed E-state index contributed by atoms with van der Waals surface area (Å²) in [6, 6.07) is 22.3. The number of nitrogens with zero attached hydrogens (tertiary/aromatic N) is 3. The van der Waals surface area contributed by atoms with Crippen molar-refractivity contribution in [1.82, 2.24) is 41.5 Å². The first kappa shape index (κ1) is 53.1. The van der Waals surface area contributed by atoms with Crippen LogP contribution in [0.25, 0.3) is 10.9 Å². The third-order valence-corrected chi connectivity index (χ3v) is 13.2. The van der Waals surface area contributed by atoms with E-state index in [0.29, 0.717) is 28.6 Å². The van der Waals surface area contributed by atoms with E-state index < -0.39 is 90.2 Å². The second-order valence-electron chi connectivity index (χ2n) is 19.8. The molecule has 1 aliphatic carbocycles. The fraction of sp³-hybridized carbons (Fsp3) is 0.434. The number of carbonyl (C=O) groups is 9. The molecule has 0 radical (unpaired) electrons. The largest absolute Gasteiger partial charge is 0.443 e. The quantitative estimate of drug-likeness (QED) is 0.0737. The van der Waals surface area contributed by atoms with Gasteiger partial charge in [0.25, 0.3) is 17.7 Å². The van der Waals surface area contributed by atoms with Crippen LogP contribution in [0, 0.1) is 11.8 Å². The normalized spacial score (nSPS) is 19.1. The van der Waals surface area contributed by atoms with Crippen molar-refractivity contribution in [3.8, 4) is 0 Å². The number of ether oxygens (including phenoxy) is 1. The molecule has 20 nitrogen and oxygen atoms in total. The average Bonchev–Trinajstić information content (AvgIpc) is 3.68. The van der Waals surface area contributed by atoms with Crippen LogP contribution in [0.2, 0.25) is 0 Å². The standard InChI is InChI=1S/C53H63N9O11/c1-53(2,3)60-50(69)47-37-15-9-7-13-34(37)25-26-61(47)31-42(72-52(71)56-30-44(64)55-29-33-17-19-36(20-18-33)51(70)73-62-45(65)23-24-46(62)66)40(27-32-11-5-4-6-12-32)58-49(68)41(28-43(54)63)59-48(67)39-22-21-35-14-8-10-16-38(35)57-39/h4-6,8,10-12,14,16-22,34,37,40-42,47H,7,9,13,15,23-31H2,1-3H3,(H2,54,63)(H,55,64)(H,56,71)(H,58,68)(H,59,67)(H,60,69)/t34?,37?,40-,41-,42+,47+/m0/s1. The van der Waals surface area contributed by atoms with E-state index in [4.69, 9.17) is 15.3 Å². The summed E-state index contributed by atoms with van der Waals surface area (Å²) in [5.41, 5.74) is 7.03. The van der Waals surface area contributed by atoms with Gasteiger partial charge in [0, 0.05) is 36.9 Å². The number of rotatable bonds is 19. The van der Waals surface area contributed by atoms with Crippen LogP contribution in [0.15, 0.2) is 91.0 Å². The number of alkyl carbamates (subject to hydrolysis) is 1. The van der Waals surface area contributed by atoms with Crippen LogP contribution in [0.4, 0.5) is 4.79 Å². The number of primary amides is 1. The number of aromatic nitrogens is 1. The second-order valence-corrected chi connectivity index (χ2v) is 19.8. The van der Waals surface area contributed by atoms with Gasteiger partial charge in [-0.3, -0.25) is 38.5 Å². The van der Waals surface area contributed by atoms with Crippen LogP contribution in [0.1, 0.15) is 104 Å². The number of hydrogen-bond acceptors (Lipinski definition) is 13. The maximum absolute atomic E-state index is 14.5. The number of para-hydroxylation sites is 1. The van der Waals surface area contributed by atoms with Crippen LogP contribution in [0.3, 0.4) is 0 Å². The lowest BCUT2D eigenvalue weighted by Crippen LogP contribution is -2.63. The average molecular weight is 1000 g/mol. The zero-order valence-corrected chi connectivity index (χ0v) is 41.2. The number of nitrogens with one attached hydrogen (secondary N) is 5. The van der Waals surface area contributed by atoms with Crippen molar-refractivity contribution >= 4 is 64.3 Å². The van der Waals surface area contributed by atoms with E-state index >= 15 is 0 Å². The molecular formula is C53H63N9O11. The summed E-state index contributed by atoms with van der Waals surface area (Å²) < 4.78 is 6.22. The second kappa shape index (κ2) is 24.1. The Morgan fingerprint density at radius 1 is 0.795 bits per heavy atom. The SMILES string of the molecule is CC(C)(C)NC(=O)[C@H]1C2CCCCC2CCN1C[C@@H](OC(=O)NCC(=O)NCc1ccc(C(=O)ON2C(=O)CCC2=O)cc1)[C@H](Cc1ccccc1)NC(=O)[C@H](CC(N)=O)NC(=O)c1ccc2ccccc2n1. The van der Waals surface area contributed by atoms with E-state index in [0.717, 1.165) is 43.1 Å². The summed E-state index contributed by atoms with van der Waals surface area (Å²) >= 11 is 0. The van der Waals surface area contributed by atoms with Crippen molar-refractivity contribution in [2.45, 2.75) is 115 Å². The number of hydroxylamine groups is 2. The van der Waals surface area contributed by atoms with E-state index in [1.165, 1.54) is 18.2 Å². The summed E-state index contributed by atoms with van der Waals surface area (Å²) in [5, 5.41) is 15.2. The number of imide groups is 1. The minimum atomic E-state index is -1.48. The van der Waals surface area contributed by atoms with Crippen LogP contribution >= 0.6 is 0 Å². The van der Waals surface area contributed by atoms with Crippen molar-refractivity contribution in [1.29, 1.82) is 0 Å². The summed E-state index contributed by atoms with van der Waals surface area (Å²) in [6.45, 7) is 5.66. The Bertz CT molecular complexity index is 2680. The van der Waals surface area contributed by atoms with Crippen molar-refractivity contribution in [2.75, 3.05) is 19.6 Å². The molecule has 1 aromatic heterocycles. The van der Waals surface area contributed by atoms with Gasteiger partial charge in [0.1, 0.15) is 24.4 Å². The Labute approximate surface area is 422 Å². The Morgan fingerprint density at radius 2 is 1.49 bits per heavy atom. The first-order chi connectivity index (χ1) is 34.9. The van der Waals surface area contributed by atoms with Crippen LogP contribution in [-0.4, -0.2) is 118 Å². The monoisotopic (exact) mass is 1000 g/mol. The minimum Gasteiger partial charge on any atom is -0.443 e. The molecule has 0 bridgehead atoms. The highest BCUT2D eigenvalue weighted by Crippen LogP contribution is 2.40. The van der Waals surface area contributed by atoms with Crippen molar-refractivity contribution in [2.24, 2.45) is 17.6 Å². The van der Waals surface area contributed by atoms with E-state index in [-0.39, 0.29) is 55.4 Å². The van der Waals surface area contributed by atoms with Gasteiger partial charge in [0.15, 0.2) is 0 Å². The molecule has 3 heterocycles. The molecule has 8 amide bonds. The molecule has 4 aromatic rings. The summed E-state index contributed by atoms with van der Waals surface area (Å²) in [4.78, 5) is 130. The molecule has 20 heteroatoms. The van der Waals surface area contributed by atoms with E-state index in [2.05, 4.69) is 31.6 Å². The topological polar surface area (TPSA) is 278 Å². The van der Waals surface area contributed by atoms with E-state index in [9.17, 15) is 43.2 Å². The van der Waals surface area contributed by atoms with Crippen molar-refractivity contribution < 1.29 is 52.7 Å². The Balaban J connectivity index is 1.10. The maximum atomic E-state index is 14.5. The van der Waals surface area contributed by atoms with E-state index in [1.54, 1.807) is 30.3 Å². The van der Waals surface area contributed by atoms with Gasteiger partial charge in [0.2, 0.25) is 23.6 Å². The maximum Gasteiger partial charge on any atom is 0.407 e. The number of carbonyl (C=O) groups excluding carboxylic acids is 9. The molecular weight excluding hydrogens is 939 g/mol. The van der Waals surface area contributed by atoms with Crippen LogP contribution < -0.4 is 32.3 Å². The van der Waals surface area contributed by atoms with Gasteiger partial charge in [0.05, 0.1) is 29.6 Å². The molecule has 2 aliphatic heterocycles. The lowest BCUT2D eigenvalue weighted by molar-refractivity contribution is -0.172. The molecule has 7 N–H and O–H groups in total. The molecule has 73 heavy (non-hydrogen) atoms. The molecule has 2 unspecified atom stereocenters. The lowest BCUT2D eigenvalue weighted by Gasteiger charge is -2.48. The Kier molecular flexibility index (Phi) is 17.5.